The van der Waals surface area contributed by atoms with Gasteiger partial charge in [-0.1, -0.05) is 6.58 Å². The summed E-state index contributed by atoms with van der Waals surface area (Å²) in [5.41, 5.74) is 0.442. The van der Waals surface area contributed by atoms with Gasteiger partial charge in [0.25, 0.3) is 19.9 Å². The minimum atomic E-state index is -4.92. The molecule has 0 fully saturated rings. The Morgan fingerprint density at radius 1 is 1.08 bits per heavy atom. The normalized spacial score (nSPS) is 13.9. The average Bonchev–Trinajstić information content (AvgIpc) is 2.45. The van der Waals surface area contributed by atoms with Crippen LogP contribution >= 0.6 is 0 Å². The van der Waals surface area contributed by atoms with E-state index in [-0.39, 0.29) is 11.3 Å². The van der Waals surface area contributed by atoms with Crippen LogP contribution in [0.1, 0.15) is 6.92 Å². The van der Waals surface area contributed by atoms with Crippen molar-refractivity contribution < 1.29 is 34.2 Å². The molecule has 0 saturated carbocycles. The lowest BCUT2D eigenvalue weighted by atomic mass is 10.3. The van der Waals surface area contributed by atoms with Crippen molar-refractivity contribution in [1.29, 1.82) is 0 Å². The van der Waals surface area contributed by atoms with Gasteiger partial charge in [-0.2, -0.15) is 8.42 Å². The molecule has 9 nitrogen and oxygen atoms in total. The molecular formula is C13H17NO8S3. The summed E-state index contributed by atoms with van der Waals surface area (Å²) < 4.78 is 73.4. The van der Waals surface area contributed by atoms with E-state index < -0.39 is 44.5 Å². The van der Waals surface area contributed by atoms with Crippen LogP contribution in [0, 0.1) is 0 Å². The monoisotopic (exact) mass is 411 g/mol. The van der Waals surface area contributed by atoms with Crippen molar-refractivity contribution in [2.24, 2.45) is 0 Å². The summed E-state index contributed by atoms with van der Waals surface area (Å²) in [6, 6.07) is 4.33. The molecule has 0 aromatic heterocycles. The van der Waals surface area contributed by atoms with Crippen molar-refractivity contribution in [2.75, 3.05) is 18.7 Å². The van der Waals surface area contributed by atoms with Crippen molar-refractivity contribution >= 4 is 41.4 Å². The topological polar surface area (TPSA) is 141 Å². The second-order valence-electron chi connectivity index (χ2n) is 5.08. The third-order valence-corrected chi connectivity index (χ3v) is 11.0. The van der Waals surface area contributed by atoms with Crippen LogP contribution in [0.15, 0.2) is 41.3 Å². The number of rotatable bonds is 7. The van der Waals surface area contributed by atoms with Crippen LogP contribution in [-0.2, 0) is 38.8 Å². The molecule has 1 rings (SSSR count). The van der Waals surface area contributed by atoms with E-state index in [4.69, 9.17) is 0 Å². The second-order valence-corrected chi connectivity index (χ2v) is 11.9. The van der Waals surface area contributed by atoms with Gasteiger partial charge in [0.2, 0.25) is 9.84 Å². The fourth-order valence-corrected chi connectivity index (χ4v) is 8.58. The molecule has 12 heteroatoms. The van der Waals surface area contributed by atoms with Crippen LogP contribution in [0.5, 0.6) is 0 Å². The fraction of sp³-hybridized carbons (Fsp3) is 0.308. The molecule has 0 radical (unpaired) electrons. The van der Waals surface area contributed by atoms with Gasteiger partial charge in [0.15, 0.2) is 9.84 Å². The molecule has 0 saturated heterocycles. The van der Waals surface area contributed by atoms with Gasteiger partial charge < -0.3 is 5.32 Å². The van der Waals surface area contributed by atoms with E-state index in [1.54, 1.807) is 0 Å². The summed E-state index contributed by atoms with van der Waals surface area (Å²) in [4.78, 5) is 10.9. The van der Waals surface area contributed by atoms with Gasteiger partial charge in [-0.3, -0.25) is 8.98 Å². The van der Waals surface area contributed by atoms with E-state index in [2.05, 4.69) is 16.1 Å². The van der Waals surface area contributed by atoms with E-state index in [1.807, 2.05) is 0 Å². The van der Waals surface area contributed by atoms with Crippen LogP contribution < -0.4 is 5.32 Å². The lowest BCUT2D eigenvalue weighted by molar-refractivity contribution is -0.112. The fourth-order valence-electron chi connectivity index (χ4n) is 1.75. The molecule has 1 aromatic carbocycles. The van der Waals surface area contributed by atoms with E-state index in [0.29, 0.717) is 13.4 Å². The largest absolute Gasteiger partial charge is 0.322 e. The van der Waals surface area contributed by atoms with Gasteiger partial charge in [-0.15, -0.1) is 0 Å². The molecule has 25 heavy (non-hydrogen) atoms. The number of anilines is 1. The Hall–Kier alpha value is -1.76. The summed E-state index contributed by atoms with van der Waals surface area (Å²) in [7, 11) is -13.6. The summed E-state index contributed by atoms with van der Waals surface area (Å²) >= 11 is 0. The number of sulfone groups is 2. The van der Waals surface area contributed by atoms with Crippen molar-refractivity contribution in [2.45, 2.75) is 15.7 Å². The van der Waals surface area contributed by atoms with Crippen LogP contribution in [0.4, 0.5) is 5.69 Å². The zero-order valence-electron chi connectivity index (χ0n) is 13.6. The number of benzene rings is 1. The first-order valence-electron chi connectivity index (χ1n) is 6.52. The zero-order valence-corrected chi connectivity index (χ0v) is 16.0. The maximum Gasteiger partial charge on any atom is 0.299 e. The number of amides is 1. The molecule has 0 aliphatic carbocycles. The van der Waals surface area contributed by atoms with Crippen molar-refractivity contribution in [3.63, 3.8) is 0 Å². The Labute approximate surface area is 146 Å². The highest BCUT2D eigenvalue weighted by atomic mass is 32.3. The molecular weight excluding hydrogens is 394 g/mol. The maximum absolute atomic E-state index is 12.5. The van der Waals surface area contributed by atoms with Crippen LogP contribution in [0.3, 0.4) is 0 Å². The quantitative estimate of drug-likeness (QED) is 0.498. The predicted octanol–water partition coefficient (Wildman–Crippen LogP) is 0.279. The van der Waals surface area contributed by atoms with Crippen molar-refractivity contribution in [3.8, 4) is 0 Å². The molecule has 0 bridgehead atoms. The Bertz CT molecular complexity index is 990. The molecule has 1 unspecified atom stereocenters. The number of carbonyl (C=O) groups is 1. The van der Waals surface area contributed by atoms with Gasteiger partial charge in [0.05, 0.1) is 12.0 Å². The number of carbonyl (C=O) groups excluding carboxylic acids is 1. The highest BCUT2D eigenvalue weighted by molar-refractivity contribution is 8.22. The molecule has 1 atom stereocenters. The number of hydrogen-bond donors (Lipinski definition) is 1. The molecule has 0 aliphatic rings. The number of nitrogens with one attached hydrogen (secondary N) is 1. The molecule has 1 N–H and O–H groups in total. The molecule has 140 valence electrons. The SMILES string of the molecule is C=C(C)C(=O)Nc1ccc(S(=O)(=O)C(S(C)(=O)=O)S(=O)(=O)OC)cc1. The second kappa shape index (κ2) is 7.23. The Kier molecular flexibility index (Phi) is 6.16. The first kappa shape index (κ1) is 21.3. The smallest absolute Gasteiger partial charge is 0.299 e. The molecule has 0 heterocycles. The molecule has 1 aromatic rings. The molecule has 1 amide bonds. The van der Waals surface area contributed by atoms with E-state index in [0.717, 1.165) is 12.1 Å². The average molecular weight is 411 g/mol. The van der Waals surface area contributed by atoms with Crippen molar-refractivity contribution in [3.05, 3.63) is 36.4 Å². The van der Waals surface area contributed by atoms with Crippen LogP contribution in [0.2, 0.25) is 0 Å². The summed E-state index contributed by atoms with van der Waals surface area (Å²) in [5.74, 6) is -0.494. The predicted molar refractivity (Wildman–Crippen MR) is 91.6 cm³/mol. The van der Waals surface area contributed by atoms with E-state index >= 15 is 0 Å². The van der Waals surface area contributed by atoms with Crippen LogP contribution in [0.25, 0.3) is 0 Å². The molecule has 0 aliphatic heterocycles. The Balaban J connectivity index is 3.38. The standard InChI is InChI=1S/C13H17NO8S3/c1-9(2)12(15)14-10-5-7-11(8-6-10)24(18,19)13(23(4,16)17)25(20,21)22-3/h5-8,13H,1H2,2-4H3,(H,14,15). The van der Waals surface area contributed by atoms with Gasteiger partial charge >= 0.3 is 0 Å². The Morgan fingerprint density at radius 2 is 1.56 bits per heavy atom. The van der Waals surface area contributed by atoms with Gasteiger partial charge in [-0.25, -0.2) is 16.8 Å². The van der Waals surface area contributed by atoms with Gasteiger partial charge in [-0.05, 0) is 31.2 Å². The lowest BCUT2D eigenvalue weighted by Crippen LogP contribution is -2.38. The lowest BCUT2D eigenvalue weighted by Gasteiger charge is -2.15. The third kappa shape index (κ3) is 4.87. The molecule has 0 spiro atoms. The highest BCUT2D eigenvalue weighted by Gasteiger charge is 2.47. The minimum Gasteiger partial charge on any atom is -0.322 e. The summed E-state index contributed by atoms with van der Waals surface area (Å²) in [6.45, 7) is 4.91. The first-order chi connectivity index (χ1) is 11.2. The van der Waals surface area contributed by atoms with Crippen molar-refractivity contribution in [1.82, 2.24) is 0 Å². The summed E-state index contributed by atoms with van der Waals surface area (Å²) in [5, 5.41) is 2.43. The van der Waals surface area contributed by atoms with E-state index in [1.165, 1.54) is 19.1 Å². The number of hydrogen-bond acceptors (Lipinski definition) is 8. The highest BCUT2D eigenvalue weighted by Crippen LogP contribution is 2.26. The van der Waals surface area contributed by atoms with Crippen LogP contribution in [-0.4, -0.2) is 48.4 Å². The summed E-state index contributed by atoms with van der Waals surface area (Å²) in [6.07, 6.45) is 0.479. The first-order valence-corrected chi connectivity index (χ1v) is 11.5. The van der Waals surface area contributed by atoms with Gasteiger partial charge in [0, 0.05) is 17.5 Å². The Morgan fingerprint density at radius 3 is 1.92 bits per heavy atom. The third-order valence-electron chi connectivity index (χ3n) is 2.90. The van der Waals surface area contributed by atoms with E-state index in [9.17, 15) is 30.0 Å². The maximum atomic E-state index is 12.5. The minimum absolute atomic E-state index is 0.220. The zero-order chi connectivity index (χ0) is 19.6. The van der Waals surface area contributed by atoms with Gasteiger partial charge in [0.1, 0.15) is 0 Å².